The third-order valence-electron chi connectivity index (χ3n) is 3.97. The van der Waals surface area contributed by atoms with E-state index in [0.29, 0.717) is 5.16 Å². The van der Waals surface area contributed by atoms with Crippen LogP contribution < -0.4 is 10.6 Å². The lowest BCUT2D eigenvalue weighted by atomic mass is 9.96. The molecule has 1 saturated carbocycles. The van der Waals surface area contributed by atoms with E-state index in [0.717, 1.165) is 31.4 Å². The number of amides is 3. The summed E-state index contributed by atoms with van der Waals surface area (Å²) in [4.78, 5) is 23.8. The van der Waals surface area contributed by atoms with E-state index in [2.05, 4.69) is 26.2 Å². The van der Waals surface area contributed by atoms with Crippen molar-refractivity contribution in [1.82, 2.24) is 30.8 Å². The number of urea groups is 1. The highest BCUT2D eigenvalue weighted by Crippen LogP contribution is 2.18. The van der Waals surface area contributed by atoms with Gasteiger partial charge in [0.15, 0.2) is 0 Å². The van der Waals surface area contributed by atoms with Gasteiger partial charge in [-0.25, -0.2) is 4.79 Å². The molecule has 0 radical (unpaired) electrons. The van der Waals surface area contributed by atoms with Gasteiger partial charge < -0.3 is 5.32 Å². The lowest BCUT2D eigenvalue weighted by molar-refractivity contribution is -0.117. The zero-order valence-corrected chi connectivity index (χ0v) is 14.5. The van der Waals surface area contributed by atoms with E-state index >= 15 is 0 Å². The number of nitrogens with zero attached hydrogens (tertiary/aromatic N) is 4. The fourth-order valence-electron chi connectivity index (χ4n) is 2.76. The highest BCUT2D eigenvalue weighted by Gasteiger charge is 2.17. The second-order valence-corrected chi connectivity index (χ2v) is 6.80. The van der Waals surface area contributed by atoms with Gasteiger partial charge in [0, 0.05) is 6.04 Å². The maximum atomic E-state index is 12.0. The highest BCUT2D eigenvalue weighted by molar-refractivity contribution is 7.99. The molecule has 8 nitrogen and oxygen atoms in total. The summed E-state index contributed by atoms with van der Waals surface area (Å²) < 4.78 is 1.56. The fraction of sp³-hybridized carbons (Fsp3) is 0.438. The molecule has 1 aliphatic carbocycles. The standard InChI is InChI=1S/C16H20N6O2S/c23-14(18-15(24)17-12-7-3-1-4-8-12)11-25-16-19-20-21-22(16)13-9-5-2-6-10-13/h2,5-6,9-10,12H,1,3-4,7-8,11H2,(H2,17,18,23,24). The van der Waals surface area contributed by atoms with Crippen LogP contribution in [-0.2, 0) is 4.79 Å². The quantitative estimate of drug-likeness (QED) is 0.790. The number of hydrogen-bond acceptors (Lipinski definition) is 6. The SMILES string of the molecule is O=C(CSc1nnnn1-c1ccccc1)NC(=O)NC1CCCCC1. The van der Waals surface area contributed by atoms with Crippen LogP contribution in [0.15, 0.2) is 35.5 Å². The highest BCUT2D eigenvalue weighted by atomic mass is 32.2. The second kappa shape index (κ2) is 8.61. The number of carbonyl (C=O) groups excluding carboxylic acids is 2. The summed E-state index contributed by atoms with van der Waals surface area (Å²) in [7, 11) is 0. The summed E-state index contributed by atoms with van der Waals surface area (Å²) in [6, 6.07) is 9.15. The molecule has 1 aromatic carbocycles. The van der Waals surface area contributed by atoms with Gasteiger partial charge in [-0.05, 0) is 35.4 Å². The number of imide groups is 1. The Morgan fingerprint density at radius 1 is 1.16 bits per heavy atom. The maximum Gasteiger partial charge on any atom is 0.321 e. The summed E-state index contributed by atoms with van der Waals surface area (Å²) >= 11 is 1.18. The summed E-state index contributed by atoms with van der Waals surface area (Å²) in [5, 5.41) is 17.2. The smallest absolute Gasteiger partial charge is 0.321 e. The maximum absolute atomic E-state index is 12.0. The summed E-state index contributed by atoms with van der Waals surface area (Å²) in [6.07, 6.45) is 5.41. The van der Waals surface area contributed by atoms with Gasteiger partial charge in [0.2, 0.25) is 11.1 Å². The molecule has 9 heteroatoms. The first-order valence-electron chi connectivity index (χ1n) is 8.29. The van der Waals surface area contributed by atoms with Gasteiger partial charge in [0.25, 0.3) is 0 Å². The first-order chi connectivity index (χ1) is 12.2. The van der Waals surface area contributed by atoms with Crippen molar-refractivity contribution in [3.63, 3.8) is 0 Å². The molecular weight excluding hydrogens is 340 g/mol. The van der Waals surface area contributed by atoms with Crippen molar-refractivity contribution in [1.29, 1.82) is 0 Å². The monoisotopic (exact) mass is 360 g/mol. The third-order valence-corrected chi connectivity index (χ3v) is 4.89. The van der Waals surface area contributed by atoms with Gasteiger partial charge in [-0.15, -0.1) is 5.10 Å². The number of benzene rings is 1. The van der Waals surface area contributed by atoms with E-state index in [4.69, 9.17) is 0 Å². The Hall–Kier alpha value is -2.42. The molecule has 0 unspecified atom stereocenters. The molecule has 25 heavy (non-hydrogen) atoms. The van der Waals surface area contributed by atoms with Gasteiger partial charge in [0.05, 0.1) is 11.4 Å². The topological polar surface area (TPSA) is 102 Å². The van der Waals surface area contributed by atoms with E-state index < -0.39 is 6.03 Å². The lowest BCUT2D eigenvalue weighted by Crippen LogP contribution is -2.45. The van der Waals surface area contributed by atoms with Crippen LogP contribution in [0, 0.1) is 0 Å². The van der Waals surface area contributed by atoms with Gasteiger partial charge >= 0.3 is 6.03 Å². The molecule has 3 rings (SSSR count). The number of tetrazole rings is 1. The van der Waals surface area contributed by atoms with Crippen molar-refractivity contribution in [2.75, 3.05) is 5.75 Å². The fourth-order valence-corrected chi connectivity index (χ4v) is 3.45. The molecule has 0 spiro atoms. The van der Waals surface area contributed by atoms with E-state index in [1.165, 1.54) is 18.2 Å². The first kappa shape index (κ1) is 17.4. The van der Waals surface area contributed by atoms with Crippen LogP contribution in [0.2, 0.25) is 0 Å². The molecule has 1 heterocycles. The van der Waals surface area contributed by atoms with Crippen molar-refractivity contribution in [2.45, 2.75) is 43.3 Å². The molecule has 0 aliphatic heterocycles. The van der Waals surface area contributed by atoms with Crippen molar-refractivity contribution in [3.05, 3.63) is 30.3 Å². The molecule has 1 fully saturated rings. The lowest BCUT2D eigenvalue weighted by Gasteiger charge is -2.22. The van der Waals surface area contributed by atoms with E-state index in [-0.39, 0.29) is 17.7 Å². The molecule has 1 aliphatic rings. The van der Waals surface area contributed by atoms with E-state index in [1.54, 1.807) is 4.68 Å². The first-order valence-corrected chi connectivity index (χ1v) is 9.28. The number of hydrogen-bond donors (Lipinski definition) is 2. The van der Waals surface area contributed by atoms with Gasteiger partial charge in [-0.2, -0.15) is 4.68 Å². The van der Waals surface area contributed by atoms with Crippen molar-refractivity contribution < 1.29 is 9.59 Å². The molecule has 2 N–H and O–H groups in total. The molecule has 0 bridgehead atoms. The minimum Gasteiger partial charge on any atom is -0.335 e. The number of nitrogens with one attached hydrogen (secondary N) is 2. The minimum atomic E-state index is -0.430. The Balaban J connectivity index is 1.48. The summed E-state index contributed by atoms with van der Waals surface area (Å²) in [5.74, 6) is -0.313. The molecule has 3 amide bonds. The summed E-state index contributed by atoms with van der Waals surface area (Å²) in [5.41, 5.74) is 0.811. The van der Waals surface area contributed by atoms with Crippen LogP contribution in [0.4, 0.5) is 4.79 Å². The number of aromatic nitrogens is 4. The second-order valence-electron chi connectivity index (χ2n) is 5.85. The Morgan fingerprint density at radius 3 is 2.68 bits per heavy atom. The number of thioether (sulfide) groups is 1. The van der Waals surface area contributed by atoms with Gasteiger partial charge in [0.1, 0.15) is 0 Å². The molecule has 2 aromatic rings. The predicted octanol–water partition coefficient (Wildman–Crippen LogP) is 1.91. The third kappa shape index (κ3) is 5.02. The number of para-hydroxylation sites is 1. The molecule has 1 aromatic heterocycles. The van der Waals surface area contributed by atoms with Crippen LogP contribution in [0.3, 0.4) is 0 Å². The molecule has 0 atom stereocenters. The summed E-state index contributed by atoms with van der Waals surface area (Å²) in [6.45, 7) is 0. The Morgan fingerprint density at radius 2 is 1.92 bits per heavy atom. The van der Waals surface area contributed by atoms with Crippen molar-refractivity contribution in [2.24, 2.45) is 0 Å². The van der Waals surface area contributed by atoms with Crippen LogP contribution >= 0.6 is 11.8 Å². The Kier molecular flexibility index (Phi) is 5.99. The average molecular weight is 360 g/mol. The number of rotatable bonds is 5. The largest absolute Gasteiger partial charge is 0.335 e. The minimum absolute atomic E-state index is 0.0608. The van der Waals surface area contributed by atoms with Crippen LogP contribution in [0.25, 0.3) is 5.69 Å². The average Bonchev–Trinajstić information content (AvgIpc) is 3.10. The predicted molar refractivity (Wildman–Crippen MR) is 93.4 cm³/mol. The van der Waals surface area contributed by atoms with Crippen LogP contribution in [0.5, 0.6) is 0 Å². The zero-order chi connectivity index (χ0) is 17.5. The number of carbonyl (C=O) groups is 2. The zero-order valence-electron chi connectivity index (χ0n) is 13.7. The Bertz CT molecular complexity index is 714. The molecular formula is C16H20N6O2S. The van der Waals surface area contributed by atoms with Crippen LogP contribution in [-0.4, -0.2) is 43.9 Å². The molecule has 132 valence electrons. The van der Waals surface area contributed by atoms with Gasteiger partial charge in [-0.1, -0.05) is 49.2 Å². The molecule has 0 saturated heterocycles. The van der Waals surface area contributed by atoms with Crippen molar-refractivity contribution >= 4 is 23.7 Å². The van der Waals surface area contributed by atoms with E-state index in [9.17, 15) is 9.59 Å². The van der Waals surface area contributed by atoms with Crippen molar-refractivity contribution in [3.8, 4) is 5.69 Å². The normalized spacial score (nSPS) is 14.9. The van der Waals surface area contributed by atoms with E-state index in [1.807, 2.05) is 30.3 Å². The van der Waals surface area contributed by atoms with Crippen LogP contribution in [0.1, 0.15) is 32.1 Å². The Labute approximate surface area is 149 Å². The van der Waals surface area contributed by atoms with Gasteiger partial charge in [-0.3, -0.25) is 10.1 Å².